The van der Waals surface area contributed by atoms with Crippen LogP contribution >= 0.6 is 11.6 Å². The SMILES string of the molecule is COc1ccc(Cl)cc1CNCC(=O)N(C)C. The zero-order valence-corrected chi connectivity index (χ0v) is 11.0. The van der Waals surface area contributed by atoms with Crippen LogP contribution in [0.25, 0.3) is 0 Å². The highest BCUT2D eigenvalue weighted by atomic mass is 35.5. The minimum absolute atomic E-state index is 0.0333. The van der Waals surface area contributed by atoms with Crippen molar-refractivity contribution >= 4 is 17.5 Å². The lowest BCUT2D eigenvalue weighted by Crippen LogP contribution is -2.32. The zero-order valence-electron chi connectivity index (χ0n) is 10.3. The van der Waals surface area contributed by atoms with Crippen molar-refractivity contribution in [1.29, 1.82) is 0 Å². The fraction of sp³-hybridized carbons (Fsp3) is 0.417. The highest BCUT2D eigenvalue weighted by Gasteiger charge is 2.06. The van der Waals surface area contributed by atoms with Crippen LogP contribution in [0.1, 0.15) is 5.56 Å². The predicted octanol–water partition coefficient (Wildman–Crippen LogP) is 1.53. The molecule has 0 heterocycles. The monoisotopic (exact) mass is 256 g/mol. The Morgan fingerprint density at radius 1 is 1.47 bits per heavy atom. The number of hydrogen-bond donors (Lipinski definition) is 1. The van der Waals surface area contributed by atoms with Gasteiger partial charge in [0.05, 0.1) is 13.7 Å². The van der Waals surface area contributed by atoms with E-state index in [1.165, 1.54) is 0 Å². The number of ether oxygens (including phenoxy) is 1. The Morgan fingerprint density at radius 2 is 2.18 bits per heavy atom. The maximum atomic E-state index is 11.4. The van der Waals surface area contributed by atoms with Crippen LogP contribution in [0.3, 0.4) is 0 Å². The normalized spacial score (nSPS) is 10.1. The van der Waals surface area contributed by atoms with E-state index in [-0.39, 0.29) is 5.91 Å². The standard InChI is InChI=1S/C12H17ClN2O2/c1-15(2)12(16)8-14-7-9-6-10(13)4-5-11(9)17-3/h4-6,14H,7-8H2,1-3H3. The molecule has 0 saturated heterocycles. The molecule has 0 aliphatic heterocycles. The average molecular weight is 257 g/mol. The first-order valence-corrected chi connectivity index (χ1v) is 5.65. The van der Waals surface area contributed by atoms with Gasteiger partial charge in [0.2, 0.25) is 5.91 Å². The third-order valence-electron chi connectivity index (χ3n) is 2.33. The van der Waals surface area contributed by atoms with Crippen LogP contribution in [-0.2, 0) is 11.3 Å². The van der Waals surface area contributed by atoms with Crippen LogP contribution < -0.4 is 10.1 Å². The third-order valence-corrected chi connectivity index (χ3v) is 2.57. The first kappa shape index (κ1) is 13.8. The second kappa shape index (κ2) is 6.47. The molecule has 0 aromatic heterocycles. The van der Waals surface area contributed by atoms with Crippen molar-refractivity contribution in [3.8, 4) is 5.75 Å². The summed E-state index contributed by atoms with van der Waals surface area (Å²) < 4.78 is 5.21. The summed E-state index contributed by atoms with van der Waals surface area (Å²) in [4.78, 5) is 12.9. The Hall–Kier alpha value is -1.26. The molecule has 0 fully saturated rings. The molecule has 0 aliphatic carbocycles. The van der Waals surface area contributed by atoms with Gasteiger partial charge in [-0.05, 0) is 18.2 Å². The van der Waals surface area contributed by atoms with E-state index in [0.29, 0.717) is 18.1 Å². The molecule has 0 radical (unpaired) electrons. The van der Waals surface area contributed by atoms with E-state index in [2.05, 4.69) is 5.32 Å². The van der Waals surface area contributed by atoms with Gasteiger partial charge in [-0.2, -0.15) is 0 Å². The first-order chi connectivity index (χ1) is 8.04. The predicted molar refractivity (Wildman–Crippen MR) is 68.4 cm³/mol. The summed E-state index contributed by atoms with van der Waals surface area (Å²) in [5, 5.41) is 3.71. The van der Waals surface area contributed by atoms with Crippen molar-refractivity contribution in [1.82, 2.24) is 10.2 Å². The number of rotatable bonds is 5. The van der Waals surface area contributed by atoms with Crippen molar-refractivity contribution in [2.75, 3.05) is 27.7 Å². The molecule has 0 unspecified atom stereocenters. The molecular formula is C12H17ClN2O2. The van der Waals surface area contributed by atoms with Gasteiger partial charge in [-0.25, -0.2) is 0 Å². The number of nitrogens with one attached hydrogen (secondary N) is 1. The maximum Gasteiger partial charge on any atom is 0.236 e. The molecule has 4 nitrogen and oxygen atoms in total. The van der Waals surface area contributed by atoms with E-state index in [1.807, 2.05) is 12.1 Å². The number of carbonyl (C=O) groups is 1. The number of hydrogen-bond acceptors (Lipinski definition) is 3. The van der Waals surface area contributed by atoms with Crippen LogP contribution in [0.2, 0.25) is 5.02 Å². The lowest BCUT2D eigenvalue weighted by molar-refractivity contribution is -0.127. The summed E-state index contributed by atoms with van der Waals surface area (Å²) in [5.41, 5.74) is 0.937. The number of halogens is 1. The van der Waals surface area contributed by atoms with Gasteiger partial charge >= 0.3 is 0 Å². The van der Waals surface area contributed by atoms with Crippen LogP contribution in [0.4, 0.5) is 0 Å². The van der Waals surface area contributed by atoms with Crippen LogP contribution in [0, 0.1) is 0 Å². The highest BCUT2D eigenvalue weighted by molar-refractivity contribution is 6.30. The number of likely N-dealkylation sites (N-methyl/N-ethyl adjacent to an activating group) is 1. The summed E-state index contributed by atoms with van der Waals surface area (Å²) in [5.74, 6) is 0.796. The van der Waals surface area contributed by atoms with Crippen molar-refractivity contribution in [3.63, 3.8) is 0 Å². The number of nitrogens with zero attached hydrogens (tertiary/aromatic N) is 1. The molecule has 5 heteroatoms. The quantitative estimate of drug-likeness (QED) is 0.869. The summed E-state index contributed by atoms with van der Waals surface area (Å²) >= 11 is 5.91. The molecule has 0 atom stereocenters. The Bertz CT molecular complexity index is 394. The van der Waals surface area contributed by atoms with E-state index in [9.17, 15) is 4.79 Å². The molecule has 1 aromatic carbocycles. The number of benzene rings is 1. The van der Waals surface area contributed by atoms with Gasteiger partial charge in [0.25, 0.3) is 0 Å². The lowest BCUT2D eigenvalue weighted by Gasteiger charge is -2.12. The van der Waals surface area contributed by atoms with Gasteiger partial charge < -0.3 is 15.0 Å². The number of methoxy groups -OCH3 is 1. The Balaban J connectivity index is 2.56. The third kappa shape index (κ3) is 4.24. The minimum Gasteiger partial charge on any atom is -0.496 e. The van der Waals surface area contributed by atoms with Gasteiger partial charge in [-0.3, -0.25) is 4.79 Å². The second-order valence-corrected chi connectivity index (χ2v) is 4.28. The van der Waals surface area contributed by atoms with Gasteiger partial charge in [0, 0.05) is 31.2 Å². The smallest absolute Gasteiger partial charge is 0.236 e. The zero-order chi connectivity index (χ0) is 12.8. The molecule has 0 aliphatic rings. The minimum atomic E-state index is 0.0333. The molecule has 17 heavy (non-hydrogen) atoms. The van der Waals surface area contributed by atoms with E-state index >= 15 is 0 Å². The first-order valence-electron chi connectivity index (χ1n) is 5.28. The molecule has 0 spiro atoms. The second-order valence-electron chi connectivity index (χ2n) is 3.85. The fourth-order valence-corrected chi connectivity index (χ4v) is 1.54. The summed E-state index contributed by atoms with van der Waals surface area (Å²) in [6, 6.07) is 5.41. The molecule has 1 aromatic rings. The topological polar surface area (TPSA) is 41.6 Å². The van der Waals surface area contributed by atoms with Crippen molar-refractivity contribution in [2.24, 2.45) is 0 Å². The van der Waals surface area contributed by atoms with E-state index < -0.39 is 0 Å². The van der Waals surface area contributed by atoms with E-state index in [4.69, 9.17) is 16.3 Å². The lowest BCUT2D eigenvalue weighted by atomic mass is 10.2. The largest absolute Gasteiger partial charge is 0.496 e. The van der Waals surface area contributed by atoms with Crippen molar-refractivity contribution < 1.29 is 9.53 Å². The molecule has 1 amide bonds. The Morgan fingerprint density at radius 3 is 2.76 bits per heavy atom. The van der Waals surface area contributed by atoms with Gasteiger partial charge in [-0.1, -0.05) is 11.6 Å². The number of carbonyl (C=O) groups excluding carboxylic acids is 1. The van der Waals surface area contributed by atoms with Crippen molar-refractivity contribution in [2.45, 2.75) is 6.54 Å². The molecule has 1 rings (SSSR count). The van der Waals surface area contributed by atoms with E-state index in [1.54, 1.807) is 32.2 Å². The van der Waals surface area contributed by atoms with Gasteiger partial charge in [0.1, 0.15) is 5.75 Å². The molecule has 94 valence electrons. The van der Waals surface area contributed by atoms with Crippen LogP contribution in [0.15, 0.2) is 18.2 Å². The fourth-order valence-electron chi connectivity index (χ4n) is 1.35. The number of amides is 1. The van der Waals surface area contributed by atoms with Crippen molar-refractivity contribution in [3.05, 3.63) is 28.8 Å². The molecule has 0 saturated carbocycles. The van der Waals surface area contributed by atoms with Gasteiger partial charge in [-0.15, -0.1) is 0 Å². The summed E-state index contributed by atoms with van der Waals surface area (Å²) in [6.45, 7) is 0.839. The summed E-state index contributed by atoms with van der Waals surface area (Å²) in [7, 11) is 5.06. The summed E-state index contributed by atoms with van der Waals surface area (Å²) in [6.07, 6.45) is 0. The average Bonchev–Trinajstić information content (AvgIpc) is 2.29. The van der Waals surface area contributed by atoms with Crippen LogP contribution in [0.5, 0.6) is 5.75 Å². The molecule has 1 N–H and O–H groups in total. The Labute approximate surface area is 107 Å². The highest BCUT2D eigenvalue weighted by Crippen LogP contribution is 2.22. The molecular weight excluding hydrogens is 240 g/mol. The Kier molecular flexibility index (Phi) is 5.25. The maximum absolute atomic E-state index is 11.4. The van der Waals surface area contributed by atoms with E-state index in [0.717, 1.165) is 11.3 Å². The molecule has 0 bridgehead atoms. The van der Waals surface area contributed by atoms with Gasteiger partial charge in [0.15, 0.2) is 0 Å². The van der Waals surface area contributed by atoms with Crippen LogP contribution in [-0.4, -0.2) is 38.6 Å².